The van der Waals surface area contributed by atoms with E-state index in [-0.39, 0.29) is 17.7 Å². The highest BCUT2D eigenvalue weighted by molar-refractivity contribution is 5.79. The van der Waals surface area contributed by atoms with Crippen molar-refractivity contribution >= 4 is 11.8 Å². The van der Waals surface area contributed by atoms with Crippen LogP contribution in [0.1, 0.15) is 46.0 Å². The molecule has 1 heterocycles. The highest BCUT2D eigenvalue weighted by Gasteiger charge is 2.25. The number of amides is 2. The molecule has 5 nitrogen and oxygen atoms in total. The summed E-state index contributed by atoms with van der Waals surface area (Å²) in [6.45, 7) is 7.84. The van der Waals surface area contributed by atoms with E-state index in [9.17, 15) is 9.59 Å². The fourth-order valence-corrected chi connectivity index (χ4v) is 2.41. The molecule has 0 bridgehead atoms. The predicted octanol–water partition coefficient (Wildman–Crippen LogP) is 1.14. The van der Waals surface area contributed by atoms with Gasteiger partial charge in [0.2, 0.25) is 11.8 Å². The van der Waals surface area contributed by atoms with Gasteiger partial charge in [-0.05, 0) is 38.8 Å². The average molecular weight is 283 g/mol. The van der Waals surface area contributed by atoms with Crippen molar-refractivity contribution < 1.29 is 9.59 Å². The molecule has 1 aliphatic rings. The Bertz CT molecular complexity index is 299. The molecule has 0 atom stereocenters. The fourth-order valence-electron chi connectivity index (χ4n) is 2.41. The summed E-state index contributed by atoms with van der Waals surface area (Å²) >= 11 is 0. The zero-order chi connectivity index (χ0) is 14.8. The van der Waals surface area contributed by atoms with E-state index in [1.807, 2.05) is 0 Å². The summed E-state index contributed by atoms with van der Waals surface area (Å²) < 4.78 is 0. The van der Waals surface area contributed by atoms with Crippen molar-refractivity contribution in [3.8, 4) is 0 Å². The third-order valence-electron chi connectivity index (χ3n) is 3.73. The van der Waals surface area contributed by atoms with Gasteiger partial charge in [0.1, 0.15) is 0 Å². The Morgan fingerprint density at radius 1 is 1.05 bits per heavy atom. The van der Waals surface area contributed by atoms with Crippen LogP contribution in [0.4, 0.5) is 0 Å². The molecule has 2 N–H and O–H groups in total. The first-order chi connectivity index (χ1) is 9.67. The minimum absolute atomic E-state index is 0.104. The lowest BCUT2D eigenvalue weighted by molar-refractivity contribution is -0.126. The van der Waals surface area contributed by atoms with Gasteiger partial charge in [0, 0.05) is 19.0 Å². The lowest BCUT2D eigenvalue weighted by Gasteiger charge is -2.30. The van der Waals surface area contributed by atoms with Crippen LogP contribution in [-0.2, 0) is 9.59 Å². The Morgan fingerprint density at radius 3 is 2.35 bits per heavy atom. The molecule has 0 spiro atoms. The Morgan fingerprint density at radius 2 is 1.75 bits per heavy atom. The van der Waals surface area contributed by atoms with Gasteiger partial charge in [-0.3, -0.25) is 14.5 Å². The van der Waals surface area contributed by atoms with Crippen LogP contribution in [0, 0.1) is 5.92 Å². The number of carbonyl (C=O) groups excluding carboxylic acids is 2. The lowest BCUT2D eigenvalue weighted by atomic mass is 9.96. The summed E-state index contributed by atoms with van der Waals surface area (Å²) in [4.78, 5) is 25.7. The summed E-state index contributed by atoms with van der Waals surface area (Å²) in [5.41, 5.74) is 0. The normalized spacial score (nSPS) is 16.9. The summed E-state index contributed by atoms with van der Waals surface area (Å²) in [5, 5.41) is 5.89. The number of nitrogens with zero attached hydrogens (tertiary/aromatic N) is 1. The molecule has 0 unspecified atom stereocenters. The minimum atomic E-state index is 0.104. The van der Waals surface area contributed by atoms with Crippen LogP contribution in [0.25, 0.3) is 0 Å². The average Bonchev–Trinajstić information content (AvgIpc) is 2.46. The highest BCUT2D eigenvalue weighted by Crippen LogP contribution is 2.16. The van der Waals surface area contributed by atoms with E-state index in [0.717, 1.165) is 58.3 Å². The van der Waals surface area contributed by atoms with Gasteiger partial charge >= 0.3 is 0 Å². The van der Waals surface area contributed by atoms with E-state index in [4.69, 9.17) is 0 Å². The van der Waals surface area contributed by atoms with Gasteiger partial charge in [-0.2, -0.15) is 0 Å². The Kier molecular flexibility index (Phi) is 8.26. The smallest absolute Gasteiger partial charge is 0.234 e. The van der Waals surface area contributed by atoms with E-state index in [0.29, 0.717) is 6.54 Å². The SMILES string of the molecule is CCCCNC(=O)CN1CCC(C(=O)NCCC)CC1. The second kappa shape index (κ2) is 9.75. The first kappa shape index (κ1) is 17.0. The molecule has 0 aromatic carbocycles. The first-order valence-corrected chi connectivity index (χ1v) is 7.94. The second-order valence-electron chi connectivity index (χ2n) is 5.54. The molecule has 2 amide bonds. The van der Waals surface area contributed by atoms with Crippen molar-refractivity contribution in [3.05, 3.63) is 0 Å². The number of piperidine rings is 1. The van der Waals surface area contributed by atoms with E-state index in [1.54, 1.807) is 0 Å². The molecule has 0 radical (unpaired) electrons. The summed E-state index contributed by atoms with van der Waals surface area (Å²) in [5.74, 6) is 0.409. The number of nitrogens with one attached hydrogen (secondary N) is 2. The van der Waals surface area contributed by atoms with Crippen LogP contribution in [0.2, 0.25) is 0 Å². The summed E-state index contributed by atoms with van der Waals surface area (Å²) in [6.07, 6.45) is 4.82. The minimum Gasteiger partial charge on any atom is -0.356 e. The maximum atomic E-state index is 11.9. The quantitative estimate of drug-likeness (QED) is 0.657. The van der Waals surface area contributed by atoms with E-state index in [2.05, 4.69) is 29.4 Å². The third-order valence-corrected chi connectivity index (χ3v) is 3.73. The molecule has 0 aliphatic carbocycles. The molecule has 0 aromatic rings. The Balaban J connectivity index is 2.18. The maximum absolute atomic E-state index is 11.9. The third kappa shape index (κ3) is 6.37. The standard InChI is InChI=1S/C15H29N3O2/c1-3-5-9-16-14(19)12-18-10-6-13(7-11-18)15(20)17-8-4-2/h13H,3-12H2,1-2H3,(H,16,19)(H,17,20). The largest absolute Gasteiger partial charge is 0.356 e. The fraction of sp³-hybridized carbons (Fsp3) is 0.867. The van der Waals surface area contributed by atoms with Crippen LogP contribution in [0.15, 0.2) is 0 Å². The molecule has 5 heteroatoms. The number of hydrogen-bond acceptors (Lipinski definition) is 3. The second-order valence-corrected chi connectivity index (χ2v) is 5.54. The number of carbonyl (C=O) groups is 2. The molecule has 0 aromatic heterocycles. The van der Waals surface area contributed by atoms with Crippen LogP contribution < -0.4 is 10.6 Å². The molecule has 0 saturated carbocycles. The Labute approximate surface area is 122 Å². The summed E-state index contributed by atoms with van der Waals surface area (Å²) in [7, 11) is 0. The molecule has 1 fully saturated rings. The lowest BCUT2D eigenvalue weighted by Crippen LogP contribution is -2.44. The molecular formula is C15H29N3O2. The van der Waals surface area contributed by atoms with Gasteiger partial charge in [-0.25, -0.2) is 0 Å². The van der Waals surface area contributed by atoms with Gasteiger partial charge in [0.15, 0.2) is 0 Å². The zero-order valence-electron chi connectivity index (χ0n) is 12.9. The van der Waals surface area contributed by atoms with Gasteiger partial charge in [0.25, 0.3) is 0 Å². The predicted molar refractivity (Wildman–Crippen MR) is 80.4 cm³/mol. The number of unbranched alkanes of at least 4 members (excludes halogenated alkanes) is 1. The maximum Gasteiger partial charge on any atom is 0.234 e. The number of hydrogen-bond donors (Lipinski definition) is 2. The van der Waals surface area contributed by atoms with Crippen molar-refractivity contribution in [2.24, 2.45) is 5.92 Å². The molecule has 1 rings (SSSR count). The number of rotatable bonds is 8. The van der Waals surface area contributed by atoms with E-state index < -0.39 is 0 Å². The Hall–Kier alpha value is -1.10. The van der Waals surface area contributed by atoms with Crippen molar-refractivity contribution in [2.75, 3.05) is 32.7 Å². The van der Waals surface area contributed by atoms with Crippen LogP contribution >= 0.6 is 0 Å². The van der Waals surface area contributed by atoms with Crippen LogP contribution in [0.3, 0.4) is 0 Å². The molecular weight excluding hydrogens is 254 g/mol. The molecule has 116 valence electrons. The molecule has 1 aliphatic heterocycles. The zero-order valence-corrected chi connectivity index (χ0v) is 12.9. The van der Waals surface area contributed by atoms with Crippen molar-refractivity contribution in [1.82, 2.24) is 15.5 Å². The van der Waals surface area contributed by atoms with Crippen molar-refractivity contribution in [3.63, 3.8) is 0 Å². The van der Waals surface area contributed by atoms with Crippen LogP contribution in [-0.4, -0.2) is 49.4 Å². The van der Waals surface area contributed by atoms with E-state index in [1.165, 1.54) is 0 Å². The van der Waals surface area contributed by atoms with Gasteiger partial charge < -0.3 is 10.6 Å². The highest BCUT2D eigenvalue weighted by atomic mass is 16.2. The van der Waals surface area contributed by atoms with Crippen molar-refractivity contribution in [1.29, 1.82) is 0 Å². The van der Waals surface area contributed by atoms with Gasteiger partial charge in [0.05, 0.1) is 6.54 Å². The van der Waals surface area contributed by atoms with Crippen molar-refractivity contribution in [2.45, 2.75) is 46.0 Å². The molecule has 20 heavy (non-hydrogen) atoms. The molecule has 1 saturated heterocycles. The van der Waals surface area contributed by atoms with Gasteiger partial charge in [-0.15, -0.1) is 0 Å². The topological polar surface area (TPSA) is 61.4 Å². The first-order valence-electron chi connectivity index (χ1n) is 7.94. The van der Waals surface area contributed by atoms with Crippen LogP contribution in [0.5, 0.6) is 0 Å². The summed E-state index contributed by atoms with van der Waals surface area (Å²) in [6, 6.07) is 0. The number of likely N-dealkylation sites (tertiary alicyclic amines) is 1. The van der Waals surface area contributed by atoms with Gasteiger partial charge in [-0.1, -0.05) is 20.3 Å². The van der Waals surface area contributed by atoms with E-state index >= 15 is 0 Å². The monoisotopic (exact) mass is 283 g/mol.